The lowest BCUT2D eigenvalue weighted by Crippen LogP contribution is -2.29. The van der Waals surface area contributed by atoms with Crippen LogP contribution in [0.5, 0.6) is 11.5 Å². The Kier molecular flexibility index (Phi) is 4.20. The molecule has 0 fully saturated rings. The van der Waals surface area contributed by atoms with E-state index < -0.39 is 25.9 Å². The molecule has 0 amide bonds. The number of halogens is 3. The lowest BCUT2D eigenvalue weighted by Gasteiger charge is -2.27. The Morgan fingerprint density at radius 2 is 1.61 bits per heavy atom. The van der Waals surface area contributed by atoms with Crippen LogP contribution in [0.1, 0.15) is 0 Å². The van der Waals surface area contributed by atoms with E-state index in [0.29, 0.717) is 0 Å². The minimum Gasteiger partial charge on any atom is -0.508 e. The van der Waals surface area contributed by atoms with Crippen LogP contribution in [0, 0.1) is 0 Å². The molecule has 0 unspecified atom stereocenters. The minimum absolute atomic E-state index is 0.141. The second-order valence-electron chi connectivity index (χ2n) is 5.08. The first-order valence-electron chi connectivity index (χ1n) is 6.09. The third-order valence-corrected chi connectivity index (χ3v) is 7.35. The van der Waals surface area contributed by atoms with E-state index in [1.54, 1.807) is 0 Å². The molecule has 0 radical (unpaired) electrons. The molecule has 0 aromatic heterocycles. The van der Waals surface area contributed by atoms with Crippen LogP contribution in [0.4, 0.5) is 13.2 Å². The topological polar surface area (TPSA) is 87.4 Å². The Morgan fingerprint density at radius 1 is 1.00 bits per heavy atom. The zero-order chi connectivity index (χ0) is 17.6. The lowest BCUT2D eigenvalue weighted by molar-refractivity contribution is -0.0539. The van der Waals surface area contributed by atoms with E-state index in [9.17, 15) is 31.8 Å². The summed E-state index contributed by atoms with van der Waals surface area (Å²) in [6.07, 6.45) is 2.57. The number of phenolic OH excluding ortho intramolecular Hbond substituents is 2. The highest BCUT2D eigenvalue weighted by atomic mass is 32.3. The quantitative estimate of drug-likeness (QED) is 0.491. The zero-order valence-electron chi connectivity index (χ0n) is 12.0. The lowest BCUT2D eigenvalue weighted by atomic mass is 10.1. The van der Waals surface area contributed by atoms with Crippen LogP contribution in [0.15, 0.2) is 35.2 Å². The number of alkyl halides is 3. The summed E-state index contributed by atoms with van der Waals surface area (Å²) in [7, 11) is -8.42. The normalized spacial score (nSPS) is 14.1. The molecule has 0 aliphatic heterocycles. The first kappa shape index (κ1) is 17.7. The van der Waals surface area contributed by atoms with E-state index in [1.807, 2.05) is 0 Å². The highest BCUT2D eigenvalue weighted by Gasteiger charge is 2.55. The van der Waals surface area contributed by atoms with Gasteiger partial charge in [-0.05, 0) is 30.3 Å². The maximum absolute atomic E-state index is 12.6. The van der Waals surface area contributed by atoms with Gasteiger partial charge in [-0.25, -0.2) is 0 Å². The summed E-state index contributed by atoms with van der Waals surface area (Å²) in [5.41, 5.74) is -5.48. The van der Waals surface area contributed by atoms with Gasteiger partial charge in [0.15, 0.2) is 0 Å². The average molecular weight is 371 g/mol. The van der Waals surface area contributed by atoms with Crippen molar-refractivity contribution in [2.75, 3.05) is 12.5 Å². The number of rotatable bonds is 3. The van der Waals surface area contributed by atoms with Gasteiger partial charge in [0.2, 0.25) is 0 Å². The molecule has 0 atom stereocenters. The van der Waals surface area contributed by atoms with E-state index in [4.69, 9.17) is 0 Å². The Hall–Kier alpha value is -1.65. The average Bonchev–Trinajstić information content (AvgIpc) is 2.35. The van der Waals surface area contributed by atoms with E-state index in [-0.39, 0.29) is 27.2 Å². The first-order chi connectivity index (χ1) is 10.3. The summed E-state index contributed by atoms with van der Waals surface area (Å²) in [6, 6.07) is 6.49. The van der Waals surface area contributed by atoms with Crippen molar-refractivity contribution in [3.63, 3.8) is 0 Å². The standard InChI is InChI=1S/C13H13F3O5S2/c1-22(2,21-23(19,20)13(14,15)16)12-6-5-11(18)9-4-3-8(17)7-10(9)12/h3-7,17-18H,1-2H3/p+1. The van der Waals surface area contributed by atoms with E-state index >= 15 is 0 Å². The maximum atomic E-state index is 12.6. The molecule has 10 heteroatoms. The summed E-state index contributed by atoms with van der Waals surface area (Å²) in [5, 5.41) is 19.9. The molecule has 0 aliphatic rings. The predicted molar refractivity (Wildman–Crippen MR) is 82.6 cm³/mol. The van der Waals surface area contributed by atoms with Gasteiger partial charge in [0.1, 0.15) is 11.5 Å². The van der Waals surface area contributed by atoms with Crippen molar-refractivity contribution in [2.24, 2.45) is 0 Å². The molecule has 128 valence electrons. The van der Waals surface area contributed by atoms with Gasteiger partial charge in [-0.15, -0.1) is 8.42 Å². The van der Waals surface area contributed by atoms with Gasteiger partial charge in [-0.1, -0.05) is 0 Å². The van der Waals surface area contributed by atoms with Gasteiger partial charge < -0.3 is 10.2 Å². The number of aromatic hydroxyl groups is 2. The molecule has 2 aromatic carbocycles. The second-order valence-corrected chi connectivity index (χ2v) is 10.1. The first-order valence-corrected chi connectivity index (χ1v) is 9.93. The summed E-state index contributed by atoms with van der Waals surface area (Å²) in [4.78, 5) is 0.203. The van der Waals surface area contributed by atoms with Crippen LogP contribution in [0.25, 0.3) is 10.8 Å². The van der Waals surface area contributed by atoms with Crippen LogP contribution in [0.3, 0.4) is 0 Å². The van der Waals surface area contributed by atoms with E-state index in [0.717, 1.165) is 0 Å². The van der Waals surface area contributed by atoms with Crippen LogP contribution < -0.4 is 0 Å². The molecule has 0 spiro atoms. The summed E-state index contributed by atoms with van der Waals surface area (Å²) < 4.78 is 63.5. The number of hydrogen-bond donors (Lipinski definition) is 2. The smallest absolute Gasteiger partial charge is 0.508 e. The van der Waals surface area contributed by atoms with Crippen LogP contribution in [0.2, 0.25) is 0 Å². The molecule has 0 aliphatic carbocycles. The van der Waals surface area contributed by atoms with Gasteiger partial charge in [0.05, 0.1) is 4.90 Å². The van der Waals surface area contributed by atoms with E-state index in [2.05, 4.69) is 3.63 Å². The highest BCUT2D eigenvalue weighted by molar-refractivity contribution is 8.31. The number of hydrogen-bond acceptors (Lipinski definition) is 4. The second kappa shape index (κ2) is 5.46. The molecule has 0 bridgehead atoms. The van der Waals surface area contributed by atoms with Crippen molar-refractivity contribution < 1.29 is 35.4 Å². The molecule has 3 N–H and O–H groups in total. The number of phenols is 2. The molecular formula is C13H14F3O5S2+. The van der Waals surface area contributed by atoms with Crippen molar-refractivity contribution in [1.82, 2.24) is 0 Å². The minimum atomic E-state index is -5.66. The fourth-order valence-corrected chi connectivity index (χ4v) is 5.79. The molecule has 5 nitrogen and oxygen atoms in total. The van der Waals surface area contributed by atoms with Crippen LogP contribution in [-0.4, -0.2) is 40.3 Å². The molecule has 23 heavy (non-hydrogen) atoms. The molecule has 2 aromatic rings. The number of benzene rings is 2. The Labute approximate surface area is 132 Å². The van der Waals surface area contributed by atoms with Crippen molar-refractivity contribution in [2.45, 2.75) is 10.4 Å². The maximum Gasteiger partial charge on any atom is 0.572 e. The summed E-state index contributed by atoms with van der Waals surface area (Å²) >= 11 is 0. The number of fused-ring (bicyclic) bond motifs is 1. The van der Waals surface area contributed by atoms with Crippen molar-refractivity contribution in [3.8, 4) is 11.5 Å². The van der Waals surface area contributed by atoms with Gasteiger partial charge in [0, 0.05) is 33.6 Å². The zero-order valence-corrected chi connectivity index (χ0v) is 13.6. The Morgan fingerprint density at radius 3 is 2.17 bits per heavy atom. The molecular weight excluding hydrogens is 357 g/mol. The van der Waals surface area contributed by atoms with Crippen LogP contribution >= 0.6 is 10.3 Å². The van der Waals surface area contributed by atoms with Gasteiger partial charge in [-0.2, -0.15) is 13.2 Å². The highest BCUT2D eigenvalue weighted by Crippen LogP contribution is 2.54. The summed E-state index contributed by atoms with van der Waals surface area (Å²) in [5.74, 6) is -0.309. The molecule has 0 saturated carbocycles. The SMILES string of the molecule is CS(C)([OH+]S(=O)(=O)C(F)(F)F)c1ccc(O)c2ccc(O)cc12. The van der Waals surface area contributed by atoms with Crippen molar-refractivity contribution in [3.05, 3.63) is 30.3 Å². The van der Waals surface area contributed by atoms with E-state index in [1.165, 1.54) is 42.8 Å². The van der Waals surface area contributed by atoms with Gasteiger partial charge in [0.25, 0.3) is 0 Å². The summed E-state index contributed by atoms with van der Waals surface area (Å²) in [6.45, 7) is 0. The fraction of sp³-hybridized carbons (Fsp3) is 0.231. The van der Waals surface area contributed by atoms with Gasteiger partial charge in [-0.3, -0.25) is 3.63 Å². The van der Waals surface area contributed by atoms with Crippen molar-refractivity contribution in [1.29, 1.82) is 0 Å². The predicted octanol–water partition coefficient (Wildman–Crippen LogP) is 3.53. The molecule has 2 rings (SSSR count). The van der Waals surface area contributed by atoms with Crippen LogP contribution in [-0.2, 0) is 10.1 Å². The monoisotopic (exact) mass is 371 g/mol. The Bertz CT molecular complexity index is 860. The Balaban J connectivity index is 2.63. The largest absolute Gasteiger partial charge is 0.572 e. The fourth-order valence-electron chi connectivity index (χ4n) is 2.06. The third-order valence-electron chi connectivity index (χ3n) is 3.05. The van der Waals surface area contributed by atoms with Crippen molar-refractivity contribution >= 4 is 31.2 Å². The molecule has 0 saturated heterocycles. The molecule has 0 heterocycles. The third kappa shape index (κ3) is 3.33. The van der Waals surface area contributed by atoms with Gasteiger partial charge >= 0.3 is 15.6 Å².